The second-order valence-corrected chi connectivity index (χ2v) is 5.42. The Labute approximate surface area is 123 Å². The van der Waals surface area contributed by atoms with Gasteiger partial charge in [-0.25, -0.2) is 0 Å². The zero-order valence-electron chi connectivity index (χ0n) is 11.5. The Morgan fingerprint density at radius 3 is 2.80 bits per heavy atom. The Kier molecular flexibility index (Phi) is 6.87. The number of aliphatic carboxylic acids is 1. The van der Waals surface area contributed by atoms with Crippen LogP contribution in [0, 0.1) is 6.92 Å². The number of carboxylic acid groups (broad SMARTS) is 1. The highest BCUT2D eigenvalue weighted by atomic mass is 32.2. The molecule has 0 aliphatic rings. The Balaban J connectivity index is 2.44. The summed E-state index contributed by atoms with van der Waals surface area (Å²) in [5.74, 6) is -0.175. The quantitative estimate of drug-likeness (QED) is 0.747. The van der Waals surface area contributed by atoms with Gasteiger partial charge in [0.25, 0.3) is 0 Å². The molecule has 20 heavy (non-hydrogen) atoms. The third-order valence-electron chi connectivity index (χ3n) is 2.61. The molecule has 0 unspecified atom stereocenters. The van der Waals surface area contributed by atoms with Crippen molar-refractivity contribution < 1.29 is 14.7 Å². The van der Waals surface area contributed by atoms with Crippen molar-refractivity contribution in [1.82, 2.24) is 4.90 Å². The van der Waals surface area contributed by atoms with Crippen LogP contribution in [0.4, 0.5) is 0 Å². The molecular weight excluding hydrogens is 274 g/mol. The maximum Gasteiger partial charge on any atom is 0.323 e. The van der Waals surface area contributed by atoms with Gasteiger partial charge in [0.1, 0.15) is 6.54 Å². The molecule has 4 nitrogen and oxygen atoms in total. The normalized spacial score (nSPS) is 10.1. The summed E-state index contributed by atoms with van der Waals surface area (Å²) in [5, 5.41) is 8.76. The topological polar surface area (TPSA) is 57.6 Å². The van der Waals surface area contributed by atoms with Crippen molar-refractivity contribution in [3.63, 3.8) is 0 Å². The third kappa shape index (κ3) is 5.93. The maximum atomic E-state index is 11.9. The van der Waals surface area contributed by atoms with Crippen molar-refractivity contribution >= 4 is 23.6 Å². The Hall–Kier alpha value is -1.75. The number of hydrogen-bond donors (Lipinski definition) is 1. The summed E-state index contributed by atoms with van der Waals surface area (Å²) in [4.78, 5) is 23.9. The van der Waals surface area contributed by atoms with Crippen LogP contribution < -0.4 is 0 Å². The molecule has 0 spiro atoms. The van der Waals surface area contributed by atoms with Crippen LogP contribution in [0.25, 0.3) is 0 Å². The van der Waals surface area contributed by atoms with Crippen molar-refractivity contribution in [1.29, 1.82) is 0 Å². The molecule has 0 radical (unpaired) electrons. The van der Waals surface area contributed by atoms with Crippen molar-refractivity contribution in [3.8, 4) is 0 Å². The van der Waals surface area contributed by atoms with Gasteiger partial charge in [0.05, 0.1) is 5.75 Å². The zero-order chi connectivity index (χ0) is 15.0. The van der Waals surface area contributed by atoms with E-state index in [-0.39, 0.29) is 24.7 Å². The van der Waals surface area contributed by atoms with E-state index in [0.717, 1.165) is 11.3 Å². The second-order valence-electron chi connectivity index (χ2n) is 4.44. The van der Waals surface area contributed by atoms with Crippen LogP contribution in [0.3, 0.4) is 0 Å². The van der Waals surface area contributed by atoms with Gasteiger partial charge in [-0.15, -0.1) is 18.3 Å². The van der Waals surface area contributed by atoms with Crippen molar-refractivity contribution in [3.05, 3.63) is 48.0 Å². The third-order valence-corrected chi connectivity index (χ3v) is 3.59. The fraction of sp³-hybridized carbons (Fsp3) is 0.333. The minimum absolute atomic E-state index is 0.176. The second kappa shape index (κ2) is 8.43. The van der Waals surface area contributed by atoms with Crippen molar-refractivity contribution in [2.24, 2.45) is 0 Å². The van der Waals surface area contributed by atoms with Crippen LogP contribution in [0.15, 0.2) is 36.9 Å². The molecule has 1 rings (SSSR count). The summed E-state index contributed by atoms with van der Waals surface area (Å²) in [6.45, 7) is 5.54. The molecule has 0 aromatic heterocycles. The van der Waals surface area contributed by atoms with Crippen molar-refractivity contribution in [2.75, 3.05) is 18.8 Å². The van der Waals surface area contributed by atoms with E-state index in [0.29, 0.717) is 0 Å². The SMILES string of the molecule is C=CCN(CC(=O)O)C(=O)CSCc1cccc(C)c1. The number of hydrogen-bond acceptors (Lipinski definition) is 3. The average Bonchev–Trinajstić information content (AvgIpc) is 2.37. The predicted octanol–water partition coefficient (Wildman–Crippen LogP) is 2.33. The van der Waals surface area contributed by atoms with E-state index in [4.69, 9.17) is 5.11 Å². The Morgan fingerprint density at radius 2 is 2.20 bits per heavy atom. The van der Waals surface area contributed by atoms with E-state index >= 15 is 0 Å². The van der Waals surface area contributed by atoms with E-state index < -0.39 is 5.97 Å². The fourth-order valence-electron chi connectivity index (χ4n) is 1.72. The Morgan fingerprint density at radius 1 is 1.45 bits per heavy atom. The molecule has 0 aliphatic carbocycles. The highest BCUT2D eigenvalue weighted by Crippen LogP contribution is 2.14. The van der Waals surface area contributed by atoms with Gasteiger partial charge in [0.15, 0.2) is 0 Å². The first-order valence-electron chi connectivity index (χ1n) is 6.26. The molecule has 0 saturated carbocycles. The van der Waals surface area contributed by atoms with Gasteiger partial charge in [-0.2, -0.15) is 0 Å². The van der Waals surface area contributed by atoms with E-state index in [1.807, 2.05) is 25.1 Å². The summed E-state index contributed by atoms with van der Waals surface area (Å²) in [5.41, 5.74) is 2.35. The monoisotopic (exact) mass is 293 g/mol. The number of thioether (sulfide) groups is 1. The van der Waals surface area contributed by atoms with Gasteiger partial charge in [-0.05, 0) is 12.5 Å². The summed E-state index contributed by atoms with van der Waals surface area (Å²) in [6.07, 6.45) is 1.53. The number of carbonyl (C=O) groups excluding carboxylic acids is 1. The summed E-state index contributed by atoms with van der Waals surface area (Å²) < 4.78 is 0. The van der Waals surface area contributed by atoms with Gasteiger partial charge in [-0.3, -0.25) is 9.59 Å². The molecule has 0 heterocycles. The molecule has 0 saturated heterocycles. The summed E-state index contributed by atoms with van der Waals surface area (Å²) in [6, 6.07) is 8.11. The van der Waals surface area contributed by atoms with E-state index in [1.54, 1.807) is 0 Å². The van der Waals surface area contributed by atoms with Crippen LogP contribution >= 0.6 is 11.8 Å². The highest BCUT2D eigenvalue weighted by molar-refractivity contribution is 7.99. The highest BCUT2D eigenvalue weighted by Gasteiger charge is 2.15. The lowest BCUT2D eigenvalue weighted by Gasteiger charge is -2.18. The predicted molar refractivity (Wildman–Crippen MR) is 81.8 cm³/mol. The number of nitrogens with zero attached hydrogens (tertiary/aromatic N) is 1. The number of rotatable bonds is 8. The molecule has 1 aromatic rings. The number of amides is 1. The van der Waals surface area contributed by atoms with Crippen LogP contribution in [-0.2, 0) is 15.3 Å². The summed E-state index contributed by atoms with van der Waals surface area (Å²) >= 11 is 1.49. The maximum absolute atomic E-state index is 11.9. The molecule has 1 N–H and O–H groups in total. The molecule has 108 valence electrons. The van der Waals surface area contributed by atoms with Gasteiger partial charge in [0, 0.05) is 12.3 Å². The fourth-order valence-corrected chi connectivity index (χ4v) is 2.60. The molecule has 0 fully saturated rings. The largest absolute Gasteiger partial charge is 0.480 e. The molecule has 1 amide bonds. The number of benzene rings is 1. The zero-order valence-corrected chi connectivity index (χ0v) is 12.4. The molecule has 0 aliphatic heterocycles. The smallest absolute Gasteiger partial charge is 0.323 e. The number of carboxylic acids is 1. The number of carbonyl (C=O) groups is 2. The minimum atomic E-state index is -1.01. The van der Waals surface area contributed by atoms with Gasteiger partial charge >= 0.3 is 5.97 Å². The average molecular weight is 293 g/mol. The molecule has 0 bridgehead atoms. The lowest BCUT2D eigenvalue weighted by molar-refractivity contribution is -0.143. The molecular formula is C15H19NO3S. The van der Waals surface area contributed by atoms with Crippen LogP contribution in [0.5, 0.6) is 0 Å². The molecule has 5 heteroatoms. The standard InChI is InChI=1S/C15H19NO3S/c1-3-7-16(9-15(18)19)14(17)11-20-10-13-6-4-5-12(2)8-13/h3-6,8H,1,7,9-11H2,2H3,(H,18,19). The van der Waals surface area contributed by atoms with Crippen molar-refractivity contribution in [2.45, 2.75) is 12.7 Å². The first-order chi connectivity index (χ1) is 9.52. The minimum Gasteiger partial charge on any atom is -0.480 e. The van der Waals surface area contributed by atoms with Gasteiger partial charge < -0.3 is 10.0 Å². The first-order valence-corrected chi connectivity index (χ1v) is 7.42. The lowest BCUT2D eigenvalue weighted by atomic mass is 10.2. The van der Waals surface area contributed by atoms with E-state index in [1.165, 1.54) is 28.3 Å². The molecule has 0 atom stereocenters. The van der Waals surface area contributed by atoms with Crippen LogP contribution in [0.2, 0.25) is 0 Å². The van der Waals surface area contributed by atoms with Gasteiger partial charge in [-0.1, -0.05) is 35.9 Å². The van der Waals surface area contributed by atoms with E-state index in [2.05, 4.69) is 12.6 Å². The van der Waals surface area contributed by atoms with E-state index in [9.17, 15) is 9.59 Å². The molecule has 1 aromatic carbocycles. The lowest BCUT2D eigenvalue weighted by Crippen LogP contribution is -2.36. The summed E-state index contributed by atoms with van der Waals surface area (Å²) in [7, 11) is 0. The van der Waals surface area contributed by atoms with Gasteiger partial charge in [0.2, 0.25) is 5.91 Å². The van der Waals surface area contributed by atoms with Crippen LogP contribution in [0.1, 0.15) is 11.1 Å². The van der Waals surface area contributed by atoms with Crippen LogP contribution in [-0.4, -0.2) is 40.7 Å². The first kappa shape index (κ1) is 16.3. The number of aryl methyl sites for hydroxylation is 1. The Bertz CT molecular complexity index is 488.